The Morgan fingerprint density at radius 2 is 1.79 bits per heavy atom. The molecule has 0 spiro atoms. The normalized spacial score (nSPS) is 12.9. The molecule has 1 heterocycles. The Hall–Kier alpha value is -3.61. The summed E-state index contributed by atoms with van der Waals surface area (Å²) in [5.74, 6) is 2.55. The van der Waals surface area contributed by atoms with Crippen LogP contribution in [0.4, 0.5) is 17.2 Å². The number of anilines is 3. The van der Waals surface area contributed by atoms with Crippen LogP contribution in [0.15, 0.2) is 60.9 Å². The summed E-state index contributed by atoms with van der Waals surface area (Å²) in [5, 5.41) is 6.14. The SMILES string of the molecule is COc1cccc(Oc2cc(Nc3cccc(NC(=O)C4CC4)c3)ncn2)c1. The van der Waals surface area contributed by atoms with Crippen molar-refractivity contribution in [1.82, 2.24) is 9.97 Å². The molecule has 1 aliphatic rings. The maximum absolute atomic E-state index is 11.9. The average Bonchev–Trinajstić information content (AvgIpc) is 3.54. The zero-order valence-corrected chi connectivity index (χ0v) is 15.4. The molecule has 7 heteroatoms. The van der Waals surface area contributed by atoms with E-state index < -0.39 is 0 Å². The van der Waals surface area contributed by atoms with Crippen molar-refractivity contribution in [1.29, 1.82) is 0 Å². The van der Waals surface area contributed by atoms with Gasteiger partial charge in [-0.05, 0) is 43.2 Å². The molecule has 0 aliphatic heterocycles. The Labute approximate surface area is 162 Å². The van der Waals surface area contributed by atoms with E-state index in [0.717, 1.165) is 24.2 Å². The average molecular weight is 376 g/mol. The largest absolute Gasteiger partial charge is 0.497 e. The molecule has 0 saturated heterocycles. The molecular formula is C21H20N4O3. The number of carbonyl (C=O) groups excluding carboxylic acids is 1. The predicted molar refractivity (Wildman–Crippen MR) is 106 cm³/mol. The summed E-state index contributed by atoms with van der Waals surface area (Å²) in [7, 11) is 1.60. The van der Waals surface area contributed by atoms with Gasteiger partial charge in [0.25, 0.3) is 0 Å². The van der Waals surface area contributed by atoms with E-state index in [-0.39, 0.29) is 11.8 Å². The van der Waals surface area contributed by atoms with Crippen LogP contribution in [-0.4, -0.2) is 23.0 Å². The van der Waals surface area contributed by atoms with Gasteiger partial charge in [-0.15, -0.1) is 0 Å². The highest BCUT2D eigenvalue weighted by molar-refractivity contribution is 5.94. The topological polar surface area (TPSA) is 85.4 Å². The van der Waals surface area contributed by atoms with E-state index in [0.29, 0.717) is 23.2 Å². The van der Waals surface area contributed by atoms with E-state index in [2.05, 4.69) is 20.6 Å². The number of hydrogen-bond acceptors (Lipinski definition) is 6. The predicted octanol–water partition coefficient (Wildman–Crippen LogP) is 4.37. The standard InChI is InChI=1S/C21H20N4O3/c1-27-17-6-3-7-18(11-17)28-20-12-19(22-13-23-20)24-15-4-2-5-16(10-15)25-21(26)14-8-9-14/h2-7,10-14H,8-9H2,1H3,(H,25,26)(H,22,23,24). The van der Waals surface area contributed by atoms with Crippen molar-refractivity contribution in [2.24, 2.45) is 5.92 Å². The molecule has 1 fully saturated rings. The van der Waals surface area contributed by atoms with Crippen molar-refractivity contribution in [3.8, 4) is 17.4 Å². The highest BCUT2D eigenvalue weighted by Crippen LogP contribution is 2.31. The lowest BCUT2D eigenvalue weighted by atomic mass is 10.2. The van der Waals surface area contributed by atoms with Gasteiger partial charge < -0.3 is 20.1 Å². The molecule has 1 aromatic heterocycles. The van der Waals surface area contributed by atoms with E-state index in [9.17, 15) is 4.79 Å². The van der Waals surface area contributed by atoms with Gasteiger partial charge in [-0.2, -0.15) is 0 Å². The third-order valence-electron chi connectivity index (χ3n) is 4.26. The van der Waals surface area contributed by atoms with Gasteiger partial charge in [-0.3, -0.25) is 4.79 Å². The minimum atomic E-state index is 0.0770. The lowest BCUT2D eigenvalue weighted by Gasteiger charge is -2.10. The molecule has 1 aliphatic carbocycles. The van der Waals surface area contributed by atoms with Gasteiger partial charge in [0, 0.05) is 29.4 Å². The van der Waals surface area contributed by atoms with E-state index >= 15 is 0 Å². The Bertz CT molecular complexity index is 989. The molecule has 1 amide bonds. The number of benzene rings is 2. The second kappa shape index (κ2) is 7.96. The molecule has 2 N–H and O–H groups in total. The number of aromatic nitrogens is 2. The third-order valence-corrected chi connectivity index (χ3v) is 4.26. The molecule has 1 saturated carbocycles. The molecule has 4 rings (SSSR count). The van der Waals surface area contributed by atoms with Crippen LogP contribution in [0, 0.1) is 5.92 Å². The number of methoxy groups -OCH3 is 1. The Morgan fingerprint density at radius 3 is 2.61 bits per heavy atom. The summed E-state index contributed by atoms with van der Waals surface area (Å²) in [5.41, 5.74) is 1.56. The molecule has 7 nitrogen and oxygen atoms in total. The van der Waals surface area contributed by atoms with Crippen LogP contribution < -0.4 is 20.1 Å². The maximum atomic E-state index is 11.9. The number of amides is 1. The number of carbonyl (C=O) groups is 1. The number of nitrogens with zero attached hydrogens (tertiary/aromatic N) is 2. The second-order valence-electron chi connectivity index (χ2n) is 6.49. The van der Waals surface area contributed by atoms with Crippen LogP contribution in [0.5, 0.6) is 17.4 Å². The van der Waals surface area contributed by atoms with Crippen molar-refractivity contribution in [2.45, 2.75) is 12.8 Å². The molecule has 2 aromatic carbocycles. The van der Waals surface area contributed by atoms with Crippen molar-refractivity contribution in [2.75, 3.05) is 17.7 Å². The molecule has 0 unspecified atom stereocenters. The van der Waals surface area contributed by atoms with E-state index in [1.807, 2.05) is 42.5 Å². The van der Waals surface area contributed by atoms with Crippen LogP contribution in [-0.2, 0) is 4.79 Å². The zero-order valence-electron chi connectivity index (χ0n) is 15.4. The van der Waals surface area contributed by atoms with Crippen LogP contribution in [0.25, 0.3) is 0 Å². The fraction of sp³-hybridized carbons (Fsp3) is 0.190. The summed E-state index contributed by atoms with van der Waals surface area (Å²) in [4.78, 5) is 20.3. The van der Waals surface area contributed by atoms with Crippen molar-refractivity contribution < 1.29 is 14.3 Å². The first-order chi connectivity index (χ1) is 13.7. The summed E-state index contributed by atoms with van der Waals surface area (Å²) < 4.78 is 11.0. The van der Waals surface area contributed by atoms with Gasteiger partial charge in [0.15, 0.2) is 0 Å². The molecule has 0 bridgehead atoms. The number of hydrogen-bond donors (Lipinski definition) is 2. The highest BCUT2D eigenvalue weighted by atomic mass is 16.5. The molecule has 3 aromatic rings. The smallest absolute Gasteiger partial charge is 0.227 e. The van der Waals surface area contributed by atoms with Gasteiger partial charge in [0.2, 0.25) is 11.8 Å². The Morgan fingerprint density at radius 1 is 1.00 bits per heavy atom. The van der Waals surface area contributed by atoms with Crippen LogP contribution >= 0.6 is 0 Å². The van der Waals surface area contributed by atoms with Gasteiger partial charge in [0.1, 0.15) is 23.6 Å². The minimum absolute atomic E-state index is 0.0770. The van der Waals surface area contributed by atoms with Crippen molar-refractivity contribution in [3.63, 3.8) is 0 Å². The van der Waals surface area contributed by atoms with E-state index in [1.54, 1.807) is 19.2 Å². The second-order valence-corrected chi connectivity index (χ2v) is 6.49. The maximum Gasteiger partial charge on any atom is 0.227 e. The third kappa shape index (κ3) is 4.56. The Balaban J connectivity index is 1.45. The molecule has 0 atom stereocenters. The van der Waals surface area contributed by atoms with E-state index in [4.69, 9.17) is 9.47 Å². The van der Waals surface area contributed by atoms with Crippen LogP contribution in [0.1, 0.15) is 12.8 Å². The fourth-order valence-electron chi connectivity index (χ4n) is 2.66. The number of nitrogens with one attached hydrogen (secondary N) is 2. The van der Waals surface area contributed by atoms with Gasteiger partial charge >= 0.3 is 0 Å². The van der Waals surface area contributed by atoms with Crippen LogP contribution in [0.3, 0.4) is 0 Å². The first-order valence-corrected chi connectivity index (χ1v) is 9.01. The summed E-state index contributed by atoms with van der Waals surface area (Å²) in [6, 6.07) is 16.5. The Kier molecular flexibility index (Phi) is 5.05. The quantitative estimate of drug-likeness (QED) is 0.637. The lowest BCUT2D eigenvalue weighted by Crippen LogP contribution is -2.13. The molecule has 142 valence electrons. The van der Waals surface area contributed by atoms with Crippen LogP contribution in [0.2, 0.25) is 0 Å². The van der Waals surface area contributed by atoms with Gasteiger partial charge in [-0.1, -0.05) is 12.1 Å². The lowest BCUT2D eigenvalue weighted by molar-refractivity contribution is -0.117. The van der Waals surface area contributed by atoms with E-state index in [1.165, 1.54) is 6.33 Å². The molecule has 28 heavy (non-hydrogen) atoms. The summed E-state index contributed by atoms with van der Waals surface area (Å²) >= 11 is 0. The zero-order chi connectivity index (χ0) is 19.3. The number of ether oxygens (including phenoxy) is 2. The minimum Gasteiger partial charge on any atom is -0.497 e. The monoisotopic (exact) mass is 376 g/mol. The van der Waals surface area contributed by atoms with Gasteiger partial charge in [0.05, 0.1) is 7.11 Å². The fourth-order valence-corrected chi connectivity index (χ4v) is 2.66. The summed E-state index contributed by atoms with van der Waals surface area (Å²) in [6.45, 7) is 0. The van der Waals surface area contributed by atoms with Gasteiger partial charge in [-0.25, -0.2) is 9.97 Å². The first-order valence-electron chi connectivity index (χ1n) is 9.01. The number of rotatable bonds is 7. The highest BCUT2D eigenvalue weighted by Gasteiger charge is 2.29. The van der Waals surface area contributed by atoms with Crippen molar-refractivity contribution >= 4 is 23.1 Å². The first kappa shape index (κ1) is 17.8. The molecular weight excluding hydrogens is 356 g/mol. The molecule has 0 radical (unpaired) electrons. The van der Waals surface area contributed by atoms with Crippen molar-refractivity contribution in [3.05, 3.63) is 60.9 Å². The summed E-state index contributed by atoms with van der Waals surface area (Å²) in [6.07, 6.45) is 3.37.